The fraction of sp³-hybridized carbons (Fsp3) is 0.133. The van der Waals surface area contributed by atoms with Crippen LogP contribution in [0.1, 0.15) is 5.56 Å². The van der Waals surface area contributed by atoms with Crippen molar-refractivity contribution in [3.63, 3.8) is 0 Å². The highest BCUT2D eigenvalue weighted by atomic mass is 32.1. The summed E-state index contributed by atoms with van der Waals surface area (Å²) in [5.41, 5.74) is 7.61. The lowest BCUT2D eigenvalue weighted by atomic mass is 10.2. The average molecular weight is 342 g/mol. The fourth-order valence-corrected chi connectivity index (χ4v) is 2.79. The quantitative estimate of drug-likeness (QED) is 0.649. The molecule has 1 aliphatic heterocycles. The van der Waals surface area contributed by atoms with E-state index >= 15 is 0 Å². The molecule has 0 saturated heterocycles. The number of nitrogens with one attached hydrogen (secondary N) is 2. The summed E-state index contributed by atoms with van der Waals surface area (Å²) >= 11 is 1.47. The number of nitrogens with zero attached hydrogens (tertiary/aromatic N) is 3. The van der Waals surface area contributed by atoms with Gasteiger partial charge in [0.15, 0.2) is 28.3 Å². The predicted molar refractivity (Wildman–Crippen MR) is 91.7 cm³/mol. The molecule has 1 aliphatic rings. The highest BCUT2D eigenvalue weighted by Gasteiger charge is 2.14. The van der Waals surface area contributed by atoms with Gasteiger partial charge in [0.1, 0.15) is 12.0 Å². The monoisotopic (exact) mass is 342 g/mol. The second kappa shape index (κ2) is 6.20. The first-order chi connectivity index (χ1) is 11.8. The number of rotatable bonds is 5. The van der Waals surface area contributed by atoms with Crippen molar-refractivity contribution in [1.29, 1.82) is 0 Å². The van der Waals surface area contributed by atoms with E-state index in [4.69, 9.17) is 15.2 Å². The number of fused-ring (bicyclic) bond motifs is 1. The zero-order valence-electron chi connectivity index (χ0n) is 12.5. The minimum Gasteiger partial charge on any atom is -0.454 e. The molecular formula is C15H14N6O2S. The summed E-state index contributed by atoms with van der Waals surface area (Å²) in [6, 6.07) is 5.78. The molecule has 3 heterocycles. The van der Waals surface area contributed by atoms with Gasteiger partial charge in [-0.15, -0.1) is 11.3 Å². The molecule has 8 nitrogen and oxygen atoms in total. The van der Waals surface area contributed by atoms with E-state index < -0.39 is 0 Å². The fourth-order valence-electron chi connectivity index (χ4n) is 2.26. The Morgan fingerprint density at radius 2 is 2.00 bits per heavy atom. The lowest BCUT2D eigenvalue weighted by Gasteiger charge is -2.11. The molecule has 4 N–H and O–H groups in total. The summed E-state index contributed by atoms with van der Waals surface area (Å²) in [5, 5.41) is 8.89. The van der Waals surface area contributed by atoms with Crippen LogP contribution in [0.2, 0.25) is 0 Å². The smallest absolute Gasteiger partial charge is 0.231 e. The third-order valence-corrected chi connectivity index (χ3v) is 4.13. The van der Waals surface area contributed by atoms with Crippen molar-refractivity contribution < 1.29 is 9.47 Å². The first-order valence-corrected chi connectivity index (χ1v) is 8.07. The molecule has 2 aromatic heterocycles. The molecule has 122 valence electrons. The van der Waals surface area contributed by atoms with Crippen molar-refractivity contribution >= 4 is 33.8 Å². The van der Waals surface area contributed by atoms with Crippen molar-refractivity contribution in [3.8, 4) is 11.5 Å². The molecule has 0 fully saturated rings. The second-order valence-corrected chi connectivity index (χ2v) is 5.88. The molecule has 0 atom stereocenters. The zero-order valence-corrected chi connectivity index (χ0v) is 13.3. The van der Waals surface area contributed by atoms with Gasteiger partial charge >= 0.3 is 0 Å². The van der Waals surface area contributed by atoms with E-state index in [0.29, 0.717) is 23.9 Å². The number of thiazole rings is 1. The number of nitrogens with two attached hydrogens (primary N) is 1. The van der Waals surface area contributed by atoms with Crippen LogP contribution in [0.15, 0.2) is 36.1 Å². The van der Waals surface area contributed by atoms with Gasteiger partial charge in [0, 0.05) is 18.1 Å². The van der Waals surface area contributed by atoms with E-state index in [-0.39, 0.29) is 6.79 Å². The summed E-state index contributed by atoms with van der Waals surface area (Å²) in [4.78, 5) is 12.5. The first-order valence-electron chi connectivity index (χ1n) is 7.19. The van der Waals surface area contributed by atoms with Gasteiger partial charge in [-0.05, 0) is 17.7 Å². The van der Waals surface area contributed by atoms with Crippen LogP contribution in [0.4, 0.5) is 22.5 Å². The van der Waals surface area contributed by atoms with Gasteiger partial charge in [0.2, 0.25) is 6.79 Å². The zero-order chi connectivity index (χ0) is 16.4. The average Bonchev–Trinajstić information content (AvgIpc) is 3.26. The Labute approximate surface area is 141 Å². The topological polar surface area (TPSA) is 107 Å². The molecule has 0 unspecified atom stereocenters. The normalized spacial score (nSPS) is 12.2. The van der Waals surface area contributed by atoms with Gasteiger partial charge < -0.3 is 25.8 Å². The van der Waals surface area contributed by atoms with Crippen molar-refractivity contribution in [2.24, 2.45) is 0 Å². The van der Waals surface area contributed by atoms with Crippen LogP contribution < -0.4 is 25.8 Å². The molecule has 9 heteroatoms. The van der Waals surface area contributed by atoms with Crippen molar-refractivity contribution in [2.45, 2.75) is 6.54 Å². The van der Waals surface area contributed by atoms with Crippen molar-refractivity contribution in [3.05, 3.63) is 41.7 Å². The number of hydrogen-bond acceptors (Lipinski definition) is 9. The first kappa shape index (κ1) is 14.5. The lowest BCUT2D eigenvalue weighted by Crippen LogP contribution is -2.08. The van der Waals surface area contributed by atoms with Gasteiger partial charge in [0.25, 0.3) is 0 Å². The Balaban J connectivity index is 1.48. The van der Waals surface area contributed by atoms with E-state index in [0.717, 1.165) is 22.2 Å². The molecule has 0 amide bonds. The minimum atomic E-state index is 0.261. The van der Waals surface area contributed by atoms with Gasteiger partial charge in [-0.2, -0.15) is 0 Å². The third-order valence-electron chi connectivity index (χ3n) is 3.44. The lowest BCUT2D eigenvalue weighted by molar-refractivity contribution is 0.174. The number of ether oxygens (including phenoxy) is 2. The molecule has 1 aromatic carbocycles. The molecule has 0 saturated carbocycles. The molecule has 0 spiro atoms. The summed E-state index contributed by atoms with van der Waals surface area (Å²) in [7, 11) is 0. The molecule has 4 rings (SSSR count). The molecule has 0 aliphatic carbocycles. The number of anilines is 4. The van der Waals surface area contributed by atoms with Gasteiger partial charge in [-0.25, -0.2) is 15.0 Å². The Morgan fingerprint density at radius 3 is 2.88 bits per heavy atom. The maximum Gasteiger partial charge on any atom is 0.231 e. The minimum absolute atomic E-state index is 0.261. The Kier molecular flexibility index (Phi) is 3.75. The van der Waals surface area contributed by atoms with E-state index in [1.165, 1.54) is 17.7 Å². The Hall–Kier alpha value is -3.07. The van der Waals surface area contributed by atoms with Gasteiger partial charge in [-0.1, -0.05) is 6.07 Å². The van der Waals surface area contributed by atoms with Crippen LogP contribution in [0.25, 0.3) is 0 Å². The summed E-state index contributed by atoms with van der Waals surface area (Å²) in [6.45, 7) is 0.811. The third kappa shape index (κ3) is 2.88. The van der Waals surface area contributed by atoms with E-state index in [2.05, 4.69) is 25.6 Å². The van der Waals surface area contributed by atoms with Crippen molar-refractivity contribution in [1.82, 2.24) is 15.0 Å². The number of hydrogen-bond donors (Lipinski definition) is 3. The Bertz CT molecular complexity index is 855. The van der Waals surface area contributed by atoms with Gasteiger partial charge in [-0.3, -0.25) is 0 Å². The SMILES string of the molecule is Nc1c(NCc2ccc3c(c2)OCO3)ncnc1Nc1nccs1. The van der Waals surface area contributed by atoms with Gasteiger partial charge in [0.05, 0.1) is 0 Å². The summed E-state index contributed by atoms with van der Waals surface area (Å²) in [6.07, 6.45) is 3.16. The van der Waals surface area contributed by atoms with Crippen LogP contribution in [0.5, 0.6) is 11.5 Å². The highest BCUT2D eigenvalue weighted by molar-refractivity contribution is 7.13. The van der Waals surface area contributed by atoms with E-state index in [1.807, 2.05) is 23.6 Å². The summed E-state index contributed by atoms with van der Waals surface area (Å²) in [5.74, 6) is 2.58. The molecule has 0 radical (unpaired) electrons. The maximum absolute atomic E-state index is 6.14. The van der Waals surface area contributed by atoms with Crippen LogP contribution in [0.3, 0.4) is 0 Å². The van der Waals surface area contributed by atoms with Crippen LogP contribution >= 0.6 is 11.3 Å². The van der Waals surface area contributed by atoms with E-state index in [1.54, 1.807) is 6.20 Å². The molecular weight excluding hydrogens is 328 g/mol. The standard InChI is InChI=1S/C15H14N6O2S/c16-12-13(19-7-20-14(12)21-15-17-3-4-24-15)18-6-9-1-2-10-11(5-9)23-8-22-10/h1-5,7H,6,8,16H2,(H2,17,18,19,20,21). The Morgan fingerprint density at radius 1 is 1.12 bits per heavy atom. The number of benzene rings is 1. The number of aromatic nitrogens is 3. The molecule has 24 heavy (non-hydrogen) atoms. The molecule has 0 bridgehead atoms. The van der Waals surface area contributed by atoms with Crippen LogP contribution in [-0.4, -0.2) is 21.7 Å². The largest absolute Gasteiger partial charge is 0.454 e. The second-order valence-electron chi connectivity index (χ2n) is 4.99. The summed E-state index contributed by atoms with van der Waals surface area (Å²) < 4.78 is 10.7. The maximum atomic E-state index is 6.14. The van der Waals surface area contributed by atoms with Crippen molar-refractivity contribution in [2.75, 3.05) is 23.2 Å². The van der Waals surface area contributed by atoms with E-state index in [9.17, 15) is 0 Å². The number of nitrogen functional groups attached to an aromatic ring is 1. The molecule has 3 aromatic rings. The van der Waals surface area contributed by atoms with Crippen LogP contribution in [-0.2, 0) is 6.54 Å². The highest BCUT2D eigenvalue weighted by Crippen LogP contribution is 2.33. The van der Waals surface area contributed by atoms with Crippen LogP contribution in [0, 0.1) is 0 Å². The predicted octanol–water partition coefficient (Wildman–Crippen LogP) is 2.60.